The van der Waals surface area contributed by atoms with Gasteiger partial charge < -0.3 is 10.5 Å². The van der Waals surface area contributed by atoms with Crippen LogP contribution in [0.4, 0.5) is 0 Å². The first-order chi connectivity index (χ1) is 7.72. The zero-order valence-electron chi connectivity index (χ0n) is 9.18. The first kappa shape index (κ1) is 12.6. The van der Waals surface area contributed by atoms with Crippen molar-refractivity contribution in [2.75, 3.05) is 6.61 Å². The van der Waals surface area contributed by atoms with Gasteiger partial charge in [0.25, 0.3) is 0 Å². The Balaban J connectivity index is 2.40. The van der Waals surface area contributed by atoms with Gasteiger partial charge in [0.2, 0.25) is 0 Å². The predicted octanol–water partition coefficient (Wildman–Crippen LogP) is 2.28. The lowest BCUT2D eigenvalue weighted by Gasteiger charge is -2.02. The van der Waals surface area contributed by atoms with Crippen LogP contribution in [0.1, 0.15) is 12.5 Å². The molecular weight excluding hydrogens is 222 g/mol. The van der Waals surface area contributed by atoms with Crippen molar-refractivity contribution >= 4 is 17.7 Å². The fourth-order valence-corrected chi connectivity index (χ4v) is 1.79. The Bertz CT molecular complexity index is 363. The van der Waals surface area contributed by atoms with Crippen LogP contribution >= 0.6 is 11.8 Å². The van der Waals surface area contributed by atoms with Crippen LogP contribution in [0.5, 0.6) is 0 Å². The SMILES string of the molecule is CCOC(=O)C=C(N)SCc1ccccc1. The van der Waals surface area contributed by atoms with Crippen LogP contribution in [-0.4, -0.2) is 12.6 Å². The van der Waals surface area contributed by atoms with Crippen LogP contribution in [0.3, 0.4) is 0 Å². The summed E-state index contributed by atoms with van der Waals surface area (Å²) < 4.78 is 4.76. The summed E-state index contributed by atoms with van der Waals surface area (Å²) in [6.45, 7) is 2.13. The van der Waals surface area contributed by atoms with Gasteiger partial charge in [-0.25, -0.2) is 4.79 Å². The number of benzene rings is 1. The fourth-order valence-electron chi connectivity index (χ4n) is 1.08. The van der Waals surface area contributed by atoms with Gasteiger partial charge in [0.15, 0.2) is 0 Å². The molecule has 0 fully saturated rings. The number of esters is 1. The second-order valence-electron chi connectivity index (χ2n) is 3.07. The topological polar surface area (TPSA) is 52.3 Å². The number of rotatable bonds is 5. The quantitative estimate of drug-likeness (QED) is 0.630. The molecule has 0 aromatic heterocycles. The van der Waals surface area contributed by atoms with E-state index in [0.29, 0.717) is 11.6 Å². The van der Waals surface area contributed by atoms with E-state index in [1.807, 2.05) is 30.3 Å². The number of ether oxygens (including phenoxy) is 1. The molecule has 0 aliphatic carbocycles. The zero-order valence-corrected chi connectivity index (χ0v) is 10.00. The number of carbonyl (C=O) groups is 1. The third kappa shape index (κ3) is 4.89. The summed E-state index contributed by atoms with van der Waals surface area (Å²) in [6.07, 6.45) is 1.32. The van der Waals surface area contributed by atoms with Crippen molar-refractivity contribution < 1.29 is 9.53 Å². The lowest BCUT2D eigenvalue weighted by Crippen LogP contribution is -2.03. The van der Waals surface area contributed by atoms with E-state index in [1.54, 1.807) is 6.92 Å². The van der Waals surface area contributed by atoms with E-state index in [9.17, 15) is 4.79 Å². The van der Waals surface area contributed by atoms with Gasteiger partial charge in [-0.05, 0) is 12.5 Å². The van der Waals surface area contributed by atoms with Crippen LogP contribution < -0.4 is 5.73 Å². The molecule has 0 saturated heterocycles. The summed E-state index contributed by atoms with van der Waals surface area (Å²) in [4.78, 5) is 11.1. The van der Waals surface area contributed by atoms with Crippen molar-refractivity contribution in [2.24, 2.45) is 5.73 Å². The minimum absolute atomic E-state index is 0.367. The second kappa shape index (κ2) is 6.95. The molecule has 0 unspecified atom stereocenters. The highest BCUT2D eigenvalue weighted by Gasteiger charge is 2.00. The average Bonchev–Trinajstić information content (AvgIpc) is 2.28. The molecule has 0 amide bonds. The Morgan fingerprint density at radius 1 is 1.44 bits per heavy atom. The van der Waals surface area contributed by atoms with Gasteiger partial charge in [-0.15, -0.1) is 11.8 Å². The Morgan fingerprint density at radius 3 is 2.75 bits per heavy atom. The van der Waals surface area contributed by atoms with Crippen molar-refractivity contribution in [3.05, 3.63) is 47.0 Å². The van der Waals surface area contributed by atoms with Crippen molar-refractivity contribution in [1.82, 2.24) is 0 Å². The van der Waals surface area contributed by atoms with Gasteiger partial charge in [-0.3, -0.25) is 0 Å². The third-order valence-electron chi connectivity index (χ3n) is 1.80. The van der Waals surface area contributed by atoms with Gasteiger partial charge in [-0.2, -0.15) is 0 Å². The third-order valence-corrected chi connectivity index (χ3v) is 2.72. The van der Waals surface area contributed by atoms with E-state index >= 15 is 0 Å². The summed E-state index contributed by atoms with van der Waals surface area (Å²) in [5, 5.41) is 0.474. The van der Waals surface area contributed by atoms with Crippen LogP contribution in [0.25, 0.3) is 0 Å². The summed E-state index contributed by atoms with van der Waals surface area (Å²) in [5.41, 5.74) is 6.85. The minimum Gasteiger partial charge on any atom is -0.463 e. The molecule has 4 heteroatoms. The maximum atomic E-state index is 11.1. The van der Waals surface area contributed by atoms with Crippen molar-refractivity contribution in [1.29, 1.82) is 0 Å². The number of thioether (sulfide) groups is 1. The Kier molecular flexibility index (Phi) is 5.50. The van der Waals surface area contributed by atoms with Gasteiger partial charge in [0.05, 0.1) is 17.7 Å². The van der Waals surface area contributed by atoms with Crippen molar-refractivity contribution in [2.45, 2.75) is 12.7 Å². The maximum Gasteiger partial charge on any atom is 0.333 e. The number of hydrogen-bond donors (Lipinski definition) is 1. The monoisotopic (exact) mass is 237 g/mol. The lowest BCUT2D eigenvalue weighted by atomic mass is 10.2. The minimum atomic E-state index is -0.388. The molecule has 2 N–H and O–H groups in total. The molecule has 0 heterocycles. The Labute approximate surface area is 99.7 Å². The van der Waals surface area contributed by atoms with E-state index < -0.39 is 0 Å². The molecular formula is C12H15NO2S. The van der Waals surface area contributed by atoms with Gasteiger partial charge in [-0.1, -0.05) is 30.3 Å². The van der Waals surface area contributed by atoms with Crippen molar-refractivity contribution in [3.8, 4) is 0 Å². The molecule has 1 aromatic carbocycles. The number of carbonyl (C=O) groups excluding carboxylic acids is 1. The van der Waals surface area contributed by atoms with Gasteiger partial charge in [0, 0.05) is 5.75 Å². The molecule has 86 valence electrons. The summed E-state index contributed by atoms with van der Waals surface area (Å²) in [6, 6.07) is 9.95. The van der Waals surface area contributed by atoms with E-state index in [2.05, 4.69) is 0 Å². The Morgan fingerprint density at radius 2 is 2.12 bits per heavy atom. The highest BCUT2D eigenvalue weighted by Crippen LogP contribution is 2.16. The number of nitrogens with two attached hydrogens (primary N) is 1. The molecule has 3 nitrogen and oxygen atoms in total. The van der Waals surface area contributed by atoms with Gasteiger partial charge >= 0.3 is 5.97 Å². The fraction of sp³-hybridized carbons (Fsp3) is 0.250. The molecule has 0 atom stereocenters. The average molecular weight is 237 g/mol. The highest BCUT2D eigenvalue weighted by atomic mass is 32.2. The smallest absolute Gasteiger partial charge is 0.333 e. The molecule has 0 saturated carbocycles. The molecule has 0 aliphatic heterocycles. The molecule has 0 aliphatic rings. The zero-order chi connectivity index (χ0) is 11.8. The Hall–Kier alpha value is -1.42. The molecule has 0 radical (unpaired) electrons. The van der Waals surface area contributed by atoms with E-state index in [4.69, 9.17) is 10.5 Å². The van der Waals surface area contributed by atoms with Crippen LogP contribution in [0, 0.1) is 0 Å². The predicted molar refractivity (Wildman–Crippen MR) is 66.6 cm³/mol. The molecule has 0 spiro atoms. The molecule has 1 aromatic rings. The first-order valence-electron chi connectivity index (χ1n) is 5.03. The normalized spacial score (nSPS) is 11.2. The van der Waals surface area contributed by atoms with Crippen LogP contribution in [0.2, 0.25) is 0 Å². The van der Waals surface area contributed by atoms with E-state index in [0.717, 1.165) is 5.75 Å². The van der Waals surface area contributed by atoms with Gasteiger partial charge in [0.1, 0.15) is 0 Å². The van der Waals surface area contributed by atoms with E-state index in [-0.39, 0.29) is 5.97 Å². The van der Waals surface area contributed by atoms with Crippen LogP contribution in [-0.2, 0) is 15.3 Å². The summed E-state index contributed by atoms with van der Waals surface area (Å²) >= 11 is 1.42. The molecule has 16 heavy (non-hydrogen) atoms. The lowest BCUT2D eigenvalue weighted by molar-refractivity contribution is -0.137. The van der Waals surface area contributed by atoms with E-state index in [1.165, 1.54) is 23.4 Å². The van der Waals surface area contributed by atoms with Crippen molar-refractivity contribution in [3.63, 3.8) is 0 Å². The molecule has 0 bridgehead atoms. The number of hydrogen-bond acceptors (Lipinski definition) is 4. The second-order valence-corrected chi connectivity index (χ2v) is 4.12. The first-order valence-corrected chi connectivity index (χ1v) is 6.01. The summed E-state index contributed by atoms with van der Waals surface area (Å²) in [5.74, 6) is 0.364. The highest BCUT2D eigenvalue weighted by molar-refractivity contribution is 8.02. The standard InChI is InChI=1S/C12H15NO2S/c1-2-15-12(14)8-11(13)16-9-10-6-4-3-5-7-10/h3-8H,2,9,13H2,1H3. The largest absolute Gasteiger partial charge is 0.463 e. The maximum absolute atomic E-state index is 11.1. The molecule has 1 rings (SSSR count). The summed E-state index contributed by atoms with van der Waals surface area (Å²) in [7, 11) is 0. The van der Waals surface area contributed by atoms with Crippen LogP contribution in [0.15, 0.2) is 41.4 Å².